The highest BCUT2D eigenvalue weighted by Gasteiger charge is 2.07. The van der Waals surface area contributed by atoms with Crippen LogP contribution in [0.25, 0.3) is 0 Å². The molecule has 20 heavy (non-hydrogen) atoms. The van der Waals surface area contributed by atoms with E-state index < -0.39 is 10.7 Å². The predicted octanol–water partition coefficient (Wildman–Crippen LogP) is 3.13. The molecule has 0 saturated heterocycles. The number of rotatable bonds is 5. The molecule has 0 unspecified atom stereocenters. The van der Waals surface area contributed by atoms with Gasteiger partial charge in [0.25, 0.3) is 5.69 Å². The van der Waals surface area contributed by atoms with Gasteiger partial charge in [0.2, 0.25) is 0 Å². The summed E-state index contributed by atoms with van der Waals surface area (Å²) in [5.41, 5.74) is 0.813. The molecule has 0 bridgehead atoms. The average molecular weight is 275 g/mol. The largest absolute Gasteiger partial charge is 0.488 e. The summed E-state index contributed by atoms with van der Waals surface area (Å²) in [6.07, 6.45) is 0.508. The molecule has 0 saturated carbocycles. The first kappa shape index (κ1) is 13.7. The summed E-state index contributed by atoms with van der Waals surface area (Å²) in [5, 5.41) is 10.5. The van der Waals surface area contributed by atoms with Gasteiger partial charge in [-0.3, -0.25) is 14.9 Å². The molecular weight excluding hydrogens is 265 g/mol. The number of nitro benzene ring substituents is 1. The van der Waals surface area contributed by atoms with E-state index in [-0.39, 0.29) is 23.6 Å². The van der Waals surface area contributed by atoms with Crippen LogP contribution in [0.5, 0.6) is 5.75 Å². The fraction of sp³-hybridized carbons (Fsp3) is 0.0714. The van der Waals surface area contributed by atoms with E-state index in [2.05, 4.69) is 0 Å². The van der Waals surface area contributed by atoms with Crippen LogP contribution in [0, 0.1) is 15.9 Å². The van der Waals surface area contributed by atoms with Gasteiger partial charge in [-0.1, -0.05) is 0 Å². The molecule has 0 spiro atoms. The molecule has 0 atom stereocenters. The zero-order valence-corrected chi connectivity index (χ0v) is 10.3. The second-order valence-corrected chi connectivity index (χ2v) is 4.01. The lowest BCUT2D eigenvalue weighted by Gasteiger charge is -2.08. The Labute approximate surface area is 113 Å². The highest BCUT2D eigenvalue weighted by Crippen LogP contribution is 2.20. The lowest BCUT2D eigenvalue weighted by atomic mass is 10.2. The maximum atomic E-state index is 12.9. The predicted molar refractivity (Wildman–Crippen MR) is 69.2 cm³/mol. The van der Waals surface area contributed by atoms with Crippen LogP contribution in [0.4, 0.5) is 10.1 Å². The number of nitrogens with zero attached hydrogens (tertiary/aromatic N) is 1. The summed E-state index contributed by atoms with van der Waals surface area (Å²) in [4.78, 5) is 20.8. The molecule has 2 rings (SSSR count). The number of carbonyl (C=O) groups excluding carboxylic acids is 1. The molecule has 0 amide bonds. The lowest BCUT2D eigenvalue weighted by Crippen LogP contribution is -1.99. The number of halogens is 1. The first-order valence-electron chi connectivity index (χ1n) is 5.71. The molecule has 5 nitrogen and oxygen atoms in total. The van der Waals surface area contributed by atoms with Crippen molar-refractivity contribution in [3.8, 4) is 5.75 Å². The molecule has 2 aromatic rings. The summed E-state index contributed by atoms with van der Waals surface area (Å²) < 4.78 is 18.3. The Hall–Kier alpha value is -2.76. The second kappa shape index (κ2) is 5.92. The minimum atomic E-state index is -0.519. The Morgan fingerprint density at radius 1 is 1.20 bits per heavy atom. The smallest absolute Gasteiger partial charge is 0.269 e. The third-order valence-electron chi connectivity index (χ3n) is 2.64. The number of aldehydes is 1. The highest BCUT2D eigenvalue weighted by molar-refractivity contribution is 5.79. The normalized spacial score (nSPS) is 10.1. The molecule has 0 N–H and O–H groups in total. The van der Waals surface area contributed by atoms with Gasteiger partial charge in [0.1, 0.15) is 18.2 Å². The summed E-state index contributed by atoms with van der Waals surface area (Å²) >= 11 is 0. The topological polar surface area (TPSA) is 69.4 Å². The summed E-state index contributed by atoms with van der Waals surface area (Å²) in [7, 11) is 0. The van der Waals surface area contributed by atoms with Crippen molar-refractivity contribution in [1.29, 1.82) is 0 Å². The molecule has 6 heteroatoms. The lowest BCUT2D eigenvalue weighted by molar-refractivity contribution is -0.384. The van der Waals surface area contributed by atoms with Crippen molar-refractivity contribution < 1.29 is 18.8 Å². The number of nitro groups is 1. The Kier molecular flexibility index (Phi) is 4.05. The van der Waals surface area contributed by atoms with Crippen LogP contribution in [0.3, 0.4) is 0 Å². The van der Waals surface area contributed by atoms with E-state index in [0.29, 0.717) is 11.8 Å². The van der Waals surface area contributed by atoms with E-state index in [0.717, 1.165) is 6.07 Å². The Bertz CT molecular complexity index is 640. The van der Waals surface area contributed by atoms with Crippen LogP contribution in [0.15, 0.2) is 42.5 Å². The van der Waals surface area contributed by atoms with Crippen molar-refractivity contribution in [2.24, 2.45) is 0 Å². The monoisotopic (exact) mass is 275 g/mol. The molecule has 0 aliphatic carbocycles. The molecule has 2 aromatic carbocycles. The quantitative estimate of drug-likeness (QED) is 0.477. The van der Waals surface area contributed by atoms with Crippen molar-refractivity contribution >= 4 is 12.0 Å². The number of hydrogen-bond acceptors (Lipinski definition) is 4. The fourth-order valence-corrected chi connectivity index (χ4v) is 1.62. The summed E-state index contributed by atoms with van der Waals surface area (Å²) in [6, 6.07) is 9.49. The van der Waals surface area contributed by atoms with E-state index in [9.17, 15) is 19.3 Å². The maximum Gasteiger partial charge on any atom is 0.269 e. The van der Waals surface area contributed by atoms with Gasteiger partial charge in [-0.25, -0.2) is 4.39 Å². The first-order chi connectivity index (χ1) is 9.60. The van der Waals surface area contributed by atoms with Gasteiger partial charge in [-0.2, -0.15) is 0 Å². The molecular formula is C14H10FNO4. The number of non-ortho nitro benzene ring substituents is 1. The van der Waals surface area contributed by atoms with Crippen LogP contribution in [0.1, 0.15) is 15.9 Å². The van der Waals surface area contributed by atoms with E-state index in [1.165, 1.54) is 24.3 Å². The van der Waals surface area contributed by atoms with Gasteiger partial charge in [0, 0.05) is 12.1 Å². The molecule has 0 heterocycles. The zero-order valence-electron chi connectivity index (χ0n) is 10.3. The van der Waals surface area contributed by atoms with Crippen LogP contribution in [-0.4, -0.2) is 11.2 Å². The van der Waals surface area contributed by atoms with Gasteiger partial charge in [-0.05, 0) is 35.9 Å². The van der Waals surface area contributed by atoms with Crippen molar-refractivity contribution in [1.82, 2.24) is 0 Å². The van der Waals surface area contributed by atoms with Gasteiger partial charge < -0.3 is 4.74 Å². The minimum Gasteiger partial charge on any atom is -0.488 e. The number of ether oxygens (including phenoxy) is 1. The third-order valence-corrected chi connectivity index (χ3v) is 2.64. The molecule has 0 aliphatic rings. The molecule has 0 aromatic heterocycles. The fourth-order valence-electron chi connectivity index (χ4n) is 1.62. The number of carbonyl (C=O) groups is 1. The highest BCUT2D eigenvalue weighted by atomic mass is 19.1. The minimum absolute atomic E-state index is 0.0101. The van der Waals surface area contributed by atoms with E-state index >= 15 is 0 Å². The van der Waals surface area contributed by atoms with Gasteiger partial charge in [0.15, 0.2) is 6.29 Å². The van der Waals surface area contributed by atoms with Gasteiger partial charge >= 0.3 is 0 Å². The Morgan fingerprint density at radius 3 is 2.50 bits per heavy atom. The van der Waals surface area contributed by atoms with E-state index in [4.69, 9.17) is 4.74 Å². The van der Waals surface area contributed by atoms with Crippen LogP contribution in [-0.2, 0) is 6.61 Å². The van der Waals surface area contributed by atoms with E-state index in [1.807, 2.05) is 0 Å². The molecule has 0 fully saturated rings. The Morgan fingerprint density at radius 2 is 1.90 bits per heavy atom. The van der Waals surface area contributed by atoms with Crippen molar-refractivity contribution in [2.45, 2.75) is 6.61 Å². The van der Waals surface area contributed by atoms with Crippen LogP contribution >= 0.6 is 0 Å². The first-order valence-corrected chi connectivity index (χ1v) is 5.71. The van der Waals surface area contributed by atoms with Crippen molar-refractivity contribution in [2.75, 3.05) is 0 Å². The average Bonchev–Trinajstić information content (AvgIpc) is 2.46. The second-order valence-electron chi connectivity index (χ2n) is 4.01. The van der Waals surface area contributed by atoms with Crippen LogP contribution in [0.2, 0.25) is 0 Å². The van der Waals surface area contributed by atoms with Crippen molar-refractivity contribution in [3.05, 3.63) is 69.5 Å². The molecule has 0 radical (unpaired) electrons. The zero-order chi connectivity index (χ0) is 14.5. The Balaban J connectivity index is 2.08. The van der Waals surface area contributed by atoms with E-state index in [1.54, 1.807) is 12.1 Å². The van der Waals surface area contributed by atoms with Crippen LogP contribution < -0.4 is 4.74 Å². The summed E-state index contributed by atoms with van der Waals surface area (Å²) in [6.45, 7) is 0.129. The molecule has 102 valence electrons. The number of benzene rings is 2. The maximum absolute atomic E-state index is 12.9. The summed E-state index contributed by atoms with van der Waals surface area (Å²) in [5.74, 6) is -0.255. The van der Waals surface area contributed by atoms with Gasteiger partial charge in [0.05, 0.1) is 10.5 Å². The molecule has 0 aliphatic heterocycles. The third kappa shape index (κ3) is 3.17. The SMILES string of the molecule is O=Cc1cc(F)ccc1OCc1ccc([N+](=O)[O-])cc1. The standard InChI is InChI=1S/C14H10FNO4/c15-12-3-6-14(11(7-12)8-17)20-9-10-1-4-13(5-2-10)16(18)19/h1-8H,9H2. The van der Waals surface area contributed by atoms with Gasteiger partial charge in [-0.15, -0.1) is 0 Å². The van der Waals surface area contributed by atoms with Crippen molar-refractivity contribution in [3.63, 3.8) is 0 Å². The number of hydrogen-bond donors (Lipinski definition) is 0.